The first-order valence-electron chi connectivity index (χ1n) is 5.10. The molecule has 0 atom stereocenters. The van der Waals surface area contributed by atoms with Crippen molar-refractivity contribution in [2.75, 3.05) is 32.1 Å². The molecule has 0 heterocycles. The van der Waals surface area contributed by atoms with Gasteiger partial charge in [-0.05, 0) is 13.8 Å². The Morgan fingerprint density at radius 2 is 1.87 bits per heavy atom. The number of thioether (sulfide) groups is 1. The van der Waals surface area contributed by atoms with Gasteiger partial charge >= 0.3 is 0 Å². The molecule has 0 rings (SSSR count). The Balaban J connectivity index is 3.50. The molecule has 0 unspecified atom stereocenters. The van der Waals surface area contributed by atoms with Gasteiger partial charge in [0.2, 0.25) is 5.91 Å². The molecule has 0 aromatic rings. The Morgan fingerprint density at radius 3 is 2.33 bits per heavy atom. The molecule has 0 aliphatic heterocycles. The summed E-state index contributed by atoms with van der Waals surface area (Å²) in [5, 5.41) is 0.0775. The van der Waals surface area contributed by atoms with Crippen LogP contribution in [0.25, 0.3) is 0 Å². The van der Waals surface area contributed by atoms with Crippen molar-refractivity contribution in [1.82, 2.24) is 4.90 Å². The number of carbonyl (C=O) groups excluding carboxylic acids is 2. The Labute approximate surface area is 95.3 Å². The molecule has 0 bridgehead atoms. The van der Waals surface area contributed by atoms with Crippen LogP contribution in [0.1, 0.15) is 20.8 Å². The molecule has 0 aromatic carbocycles. The summed E-state index contributed by atoms with van der Waals surface area (Å²) >= 11 is 1.21. The second kappa shape index (κ2) is 8.73. The van der Waals surface area contributed by atoms with Crippen LogP contribution in [-0.2, 0) is 14.3 Å². The zero-order valence-electron chi connectivity index (χ0n) is 9.62. The molecule has 15 heavy (non-hydrogen) atoms. The van der Waals surface area contributed by atoms with E-state index in [2.05, 4.69) is 0 Å². The van der Waals surface area contributed by atoms with E-state index in [1.165, 1.54) is 18.7 Å². The number of nitrogens with zero attached hydrogens (tertiary/aromatic N) is 1. The predicted molar refractivity (Wildman–Crippen MR) is 61.9 cm³/mol. The van der Waals surface area contributed by atoms with E-state index in [1.54, 1.807) is 4.90 Å². The Morgan fingerprint density at radius 1 is 1.27 bits per heavy atom. The van der Waals surface area contributed by atoms with E-state index >= 15 is 0 Å². The molecule has 0 aromatic heterocycles. The van der Waals surface area contributed by atoms with Crippen LogP contribution >= 0.6 is 11.8 Å². The highest BCUT2D eigenvalue weighted by Crippen LogP contribution is 2.00. The second-order valence-corrected chi connectivity index (χ2v) is 4.23. The number of rotatable bonds is 7. The van der Waals surface area contributed by atoms with Crippen molar-refractivity contribution in [3.05, 3.63) is 0 Å². The minimum absolute atomic E-state index is 0.00725. The smallest absolute Gasteiger partial charge is 0.248 e. The monoisotopic (exact) mass is 233 g/mol. The Bertz CT molecular complexity index is 205. The fraction of sp³-hybridized carbons (Fsp3) is 0.800. The van der Waals surface area contributed by atoms with Gasteiger partial charge < -0.3 is 9.64 Å². The van der Waals surface area contributed by atoms with Gasteiger partial charge in [-0.25, -0.2) is 0 Å². The standard InChI is InChI=1S/C10H19NO3S/c1-4-11(5-2)10(13)8-14-6-7-15-9(3)12/h4-8H2,1-3H3. The SMILES string of the molecule is CCN(CC)C(=O)COCCSC(C)=O. The summed E-state index contributed by atoms with van der Waals surface area (Å²) in [6.07, 6.45) is 0. The van der Waals surface area contributed by atoms with Crippen molar-refractivity contribution in [2.45, 2.75) is 20.8 Å². The van der Waals surface area contributed by atoms with Crippen LogP contribution in [0, 0.1) is 0 Å². The number of amides is 1. The molecular formula is C10H19NO3S. The molecule has 0 spiro atoms. The summed E-state index contributed by atoms with van der Waals surface area (Å²) in [4.78, 5) is 23.7. The molecule has 5 heteroatoms. The number of carbonyl (C=O) groups is 2. The first kappa shape index (κ1) is 14.5. The summed E-state index contributed by atoms with van der Waals surface area (Å²) in [5.74, 6) is 0.619. The van der Waals surface area contributed by atoms with Gasteiger partial charge in [-0.3, -0.25) is 9.59 Å². The molecule has 0 fully saturated rings. The third kappa shape index (κ3) is 7.39. The van der Waals surface area contributed by atoms with Crippen molar-refractivity contribution in [3.8, 4) is 0 Å². The molecule has 4 nitrogen and oxygen atoms in total. The van der Waals surface area contributed by atoms with Gasteiger partial charge in [-0.2, -0.15) is 0 Å². The van der Waals surface area contributed by atoms with Crippen LogP contribution in [0.15, 0.2) is 0 Å². The third-order valence-electron chi connectivity index (χ3n) is 1.87. The topological polar surface area (TPSA) is 46.6 Å². The van der Waals surface area contributed by atoms with E-state index in [0.717, 1.165) is 0 Å². The van der Waals surface area contributed by atoms with Gasteiger partial charge in [-0.15, -0.1) is 0 Å². The van der Waals surface area contributed by atoms with Gasteiger partial charge in [0.05, 0.1) is 6.61 Å². The van der Waals surface area contributed by atoms with E-state index in [1.807, 2.05) is 13.8 Å². The lowest BCUT2D eigenvalue weighted by Crippen LogP contribution is -2.33. The largest absolute Gasteiger partial charge is 0.371 e. The van der Waals surface area contributed by atoms with Gasteiger partial charge in [0.15, 0.2) is 5.12 Å². The third-order valence-corrected chi connectivity index (χ3v) is 2.65. The number of hydrogen-bond acceptors (Lipinski definition) is 4. The lowest BCUT2D eigenvalue weighted by molar-refractivity contribution is -0.135. The average molecular weight is 233 g/mol. The van der Waals surface area contributed by atoms with E-state index in [4.69, 9.17) is 4.74 Å². The summed E-state index contributed by atoms with van der Waals surface area (Å²) in [6, 6.07) is 0. The summed E-state index contributed by atoms with van der Waals surface area (Å²) in [6.45, 7) is 7.37. The fourth-order valence-corrected chi connectivity index (χ4v) is 1.56. The number of ether oxygens (including phenoxy) is 1. The highest BCUT2D eigenvalue weighted by molar-refractivity contribution is 8.13. The predicted octanol–water partition coefficient (Wildman–Crippen LogP) is 1.15. The van der Waals surface area contributed by atoms with Crippen LogP contribution in [-0.4, -0.2) is 48.0 Å². The van der Waals surface area contributed by atoms with E-state index in [9.17, 15) is 9.59 Å². The fourth-order valence-electron chi connectivity index (χ4n) is 1.07. The summed E-state index contributed by atoms with van der Waals surface area (Å²) in [5.41, 5.74) is 0. The summed E-state index contributed by atoms with van der Waals surface area (Å²) in [7, 11) is 0. The molecule has 0 N–H and O–H groups in total. The summed E-state index contributed by atoms with van der Waals surface area (Å²) < 4.78 is 5.17. The van der Waals surface area contributed by atoms with Crippen molar-refractivity contribution in [1.29, 1.82) is 0 Å². The molecular weight excluding hydrogens is 214 g/mol. The van der Waals surface area contributed by atoms with Crippen LogP contribution in [0.2, 0.25) is 0 Å². The van der Waals surface area contributed by atoms with Gasteiger partial charge in [0.1, 0.15) is 6.61 Å². The van der Waals surface area contributed by atoms with Crippen LogP contribution < -0.4 is 0 Å². The Kier molecular flexibility index (Phi) is 8.41. The minimum Gasteiger partial charge on any atom is -0.371 e. The first-order chi connectivity index (χ1) is 7.11. The molecule has 0 aliphatic rings. The molecule has 88 valence electrons. The normalized spacial score (nSPS) is 10.1. The van der Waals surface area contributed by atoms with Gasteiger partial charge in [0.25, 0.3) is 0 Å². The maximum absolute atomic E-state index is 11.4. The molecule has 0 radical (unpaired) electrons. The average Bonchev–Trinajstić information content (AvgIpc) is 2.18. The van der Waals surface area contributed by atoms with Crippen molar-refractivity contribution in [2.24, 2.45) is 0 Å². The lowest BCUT2D eigenvalue weighted by atomic mass is 10.5. The molecule has 0 aliphatic carbocycles. The van der Waals surface area contributed by atoms with E-state index in [-0.39, 0.29) is 17.6 Å². The highest BCUT2D eigenvalue weighted by Gasteiger charge is 2.08. The van der Waals surface area contributed by atoms with Crippen LogP contribution in [0.3, 0.4) is 0 Å². The second-order valence-electron chi connectivity index (χ2n) is 2.96. The quantitative estimate of drug-likeness (QED) is 0.619. The van der Waals surface area contributed by atoms with Gasteiger partial charge in [-0.1, -0.05) is 11.8 Å². The molecule has 0 saturated heterocycles. The first-order valence-corrected chi connectivity index (χ1v) is 6.09. The number of hydrogen-bond donors (Lipinski definition) is 0. The van der Waals surface area contributed by atoms with E-state index in [0.29, 0.717) is 25.4 Å². The maximum atomic E-state index is 11.4. The lowest BCUT2D eigenvalue weighted by Gasteiger charge is -2.18. The minimum atomic E-state index is 0.00725. The maximum Gasteiger partial charge on any atom is 0.248 e. The van der Waals surface area contributed by atoms with E-state index < -0.39 is 0 Å². The molecule has 1 amide bonds. The van der Waals surface area contributed by atoms with Crippen LogP contribution in [0.4, 0.5) is 0 Å². The van der Waals surface area contributed by atoms with Crippen molar-refractivity contribution in [3.63, 3.8) is 0 Å². The zero-order chi connectivity index (χ0) is 11.7. The Hall–Kier alpha value is -0.550. The van der Waals surface area contributed by atoms with Crippen molar-refractivity contribution < 1.29 is 14.3 Å². The van der Waals surface area contributed by atoms with Gasteiger partial charge in [0, 0.05) is 25.8 Å². The molecule has 0 saturated carbocycles. The zero-order valence-corrected chi connectivity index (χ0v) is 10.4. The van der Waals surface area contributed by atoms with Crippen LogP contribution in [0.5, 0.6) is 0 Å². The highest BCUT2D eigenvalue weighted by atomic mass is 32.2. The number of likely N-dealkylation sites (N-methyl/N-ethyl adjacent to an activating group) is 1. The van der Waals surface area contributed by atoms with Crippen molar-refractivity contribution >= 4 is 22.8 Å².